The summed E-state index contributed by atoms with van der Waals surface area (Å²) in [5.41, 5.74) is 4.49. The fraction of sp³-hybridized carbons (Fsp3) is 0.474. The van der Waals surface area contributed by atoms with Crippen molar-refractivity contribution in [2.45, 2.75) is 39.5 Å². The lowest BCUT2D eigenvalue weighted by atomic mass is 10.0. The summed E-state index contributed by atoms with van der Waals surface area (Å²) < 4.78 is 0. The molecular weight excluding hydrogens is 273 g/mol. The molecule has 21 heavy (non-hydrogen) atoms. The molecule has 0 radical (unpaired) electrons. The second-order valence-corrected chi connectivity index (χ2v) is 6.88. The molecule has 2 heteroatoms. The monoisotopic (exact) mass is 301 g/mol. The highest BCUT2D eigenvalue weighted by atomic mass is 31.1. The van der Waals surface area contributed by atoms with Crippen LogP contribution in [-0.2, 0) is 12.8 Å². The summed E-state index contributed by atoms with van der Waals surface area (Å²) in [6, 6.07) is 9.22. The number of hydrogen-bond donors (Lipinski definition) is 0. The maximum atomic E-state index is 2.55. The first-order chi connectivity index (χ1) is 10.3. The van der Waals surface area contributed by atoms with E-state index in [1.54, 1.807) is 5.44 Å². The van der Waals surface area contributed by atoms with Crippen molar-refractivity contribution in [2.24, 2.45) is 0 Å². The zero-order valence-corrected chi connectivity index (χ0v) is 14.4. The molecule has 0 aliphatic carbocycles. The Balaban J connectivity index is 1.79. The highest BCUT2D eigenvalue weighted by Crippen LogP contribution is 2.30. The quantitative estimate of drug-likeness (QED) is 0.612. The first-order valence-corrected chi connectivity index (χ1v) is 9.47. The van der Waals surface area contributed by atoms with Gasteiger partial charge in [0.1, 0.15) is 0 Å². The van der Waals surface area contributed by atoms with Gasteiger partial charge in [0.05, 0.1) is 0 Å². The number of benzene rings is 1. The molecule has 2 rings (SSSR count). The zero-order chi connectivity index (χ0) is 14.9. The summed E-state index contributed by atoms with van der Waals surface area (Å²) in [5, 5.41) is 0. The molecule has 1 unspecified atom stereocenters. The molecule has 1 aromatic rings. The Hall–Kier alpha value is -1.07. The van der Waals surface area contributed by atoms with Crippen LogP contribution in [0.5, 0.6) is 0 Å². The van der Waals surface area contributed by atoms with Gasteiger partial charge in [-0.1, -0.05) is 58.3 Å². The Labute approximate surface area is 131 Å². The lowest BCUT2D eigenvalue weighted by Crippen LogP contribution is -2.23. The predicted molar refractivity (Wildman–Crippen MR) is 96.4 cm³/mol. The van der Waals surface area contributed by atoms with Gasteiger partial charge in [-0.15, -0.1) is 0 Å². The van der Waals surface area contributed by atoms with Crippen molar-refractivity contribution < 1.29 is 0 Å². The van der Waals surface area contributed by atoms with Crippen molar-refractivity contribution in [3.05, 3.63) is 59.1 Å². The van der Waals surface area contributed by atoms with E-state index < -0.39 is 0 Å². The zero-order valence-electron chi connectivity index (χ0n) is 13.4. The molecule has 1 aliphatic heterocycles. The van der Waals surface area contributed by atoms with E-state index in [0.29, 0.717) is 0 Å². The molecule has 0 N–H and O–H groups in total. The Kier molecular flexibility index (Phi) is 7.03. The molecule has 0 aromatic heterocycles. The van der Waals surface area contributed by atoms with E-state index >= 15 is 0 Å². The van der Waals surface area contributed by atoms with E-state index in [9.17, 15) is 0 Å². The Morgan fingerprint density at radius 3 is 2.33 bits per heavy atom. The minimum absolute atomic E-state index is 0.956. The van der Waals surface area contributed by atoms with E-state index in [0.717, 1.165) is 15.1 Å². The van der Waals surface area contributed by atoms with Gasteiger partial charge in [-0.05, 0) is 49.6 Å². The first kappa shape index (κ1) is 16.3. The van der Waals surface area contributed by atoms with Crippen LogP contribution in [0.15, 0.2) is 47.9 Å². The normalized spacial score (nSPS) is 15.2. The standard InChI is InChI=1S/C19H28NP/c1-3-8-17-11-13-18(14-12-17)9-7-15-20(4-2)19-10-5-6-16-21-19/h5-6,10-14,21H,3-4,7-9,15-16H2,1-2H3. The van der Waals surface area contributed by atoms with E-state index in [-0.39, 0.29) is 0 Å². The second kappa shape index (κ2) is 9.05. The molecular formula is C19H28NP. The third-order valence-corrected chi connectivity index (χ3v) is 5.25. The van der Waals surface area contributed by atoms with Crippen LogP contribution in [-0.4, -0.2) is 24.2 Å². The lowest BCUT2D eigenvalue weighted by molar-refractivity contribution is 0.378. The minimum Gasteiger partial charge on any atom is -0.372 e. The van der Waals surface area contributed by atoms with Crippen molar-refractivity contribution in [1.29, 1.82) is 0 Å². The number of allylic oxidation sites excluding steroid dienone is 3. The Morgan fingerprint density at radius 1 is 1.05 bits per heavy atom. The van der Waals surface area contributed by atoms with Crippen LogP contribution in [0, 0.1) is 0 Å². The molecule has 1 nitrogen and oxygen atoms in total. The molecule has 0 saturated heterocycles. The van der Waals surface area contributed by atoms with E-state index in [4.69, 9.17) is 0 Å². The van der Waals surface area contributed by atoms with Gasteiger partial charge in [-0.2, -0.15) is 0 Å². The summed E-state index contributed by atoms with van der Waals surface area (Å²) in [6.45, 7) is 6.81. The van der Waals surface area contributed by atoms with Gasteiger partial charge in [-0.25, -0.2) is 0 Å². The molecule has 1 aliphatic rings. The first-order valence-electron chi connectivity index (χ1n) is 8.27. The van der Waals surface area contributed by atoms with Gasteiger partial charge in [0, 0.05) is 18.5 Å². The number of aryl methyl sites for hydroxylation is 2. The fourth-order valence-electron chi connectivity index (χ4n) is 2.75. The maximum absolute atomic E-state index is 2.55. The van der Waals surface area contributed by atoms with E-state index in [2.05, 4.69) is 61.2 Å². The molecule has 0 fully saturated rings. The van der Waals surface area contributed by atoms with Gasteiger partial charge in [0.15, 0.2) is 0 Å². The van der Waals surface area contributed by atoms with Crippen LogP contribution in [0.2, 0.25) is 0 Å². The average Bonchev–Trinajstić information content (AvgIpc) is 2.54. The second-order valence-electron chi connectivity index (χ2n) is 5.61. The third-order valence-electron chi connectivity index (χ3n) is 3.97. The van der Waals surface area contributed by atoms with Crippen LogP contribution < -0.4 is 0 Å². The molecule has 0 spiro atoms. The summed E-state index contributed by atoms with van der Waals surface area (Å²) in [7, 11) is 0.956. The fourth-order valence-corrected chi connectivity index (χ4v) is 3.92. The average molecular weight is 301 g/mol. The van der Waals surface area contributed by atoms with Crippen molar-refractivity contribution in [1.82, 2.24) is 4.90 Å². The van der Waals surface area contributed by atoms with Gasteiger partial charge >= 0.3 is 0 Å². The largest absolute Gasteiger partial charge is 0.372 e. The molecule has 1 aromatic carbocycles. The van der Waals surface area contributed by atoms with Crippen LogP contribution in [0.3, 0.4) is 0 Å². The van der Waals surface area contributed by atoms with Crippen LogP contribution in [0.4, 0.5) is 0 Å². The summed E-state index contributed by atoms with van der Waals surface area (Å²) in [5.74, 6) is 0. The molecule has 0 amide bonds. The third kappa shape index (κ3) is 5.32. The van der Waals surface area contributed by atoms with Crippen molar-refractivity contribution in [3.63, 3.8) is 0 Å². The molecule has 1 heterocycles. The molecule has 114 valence electrons. The van der Waals surface area contributed by atoms with Gasteiger partial charge in [0.25, 0.3) is 0 Å². The van der Waals surface area contributed by atoms with Crippen molar-refractivity contribution >= 4 is 8.58 Å². The number of nitrogens with zero attached hydrogens (tertiary/aromatic N) is 1. The van der Waals surface area contributed by atoms with Gasteiger partial charge in [0.2, 0.25) is 0 Å². The van der Waals surface area contributed by atoms with Crippen molar-refractivity contribution in [2.75, 3.05) is 19.3 Å². The summed E-state index contributed by atoms with van der Waals surface area (Å²) >= 11 is 0. The Bertz CT molecular complexity index is 473. The van der Waals surface area contributed by atoms with E-state index in [1.807, 2.05) is 0 Å². The lowest BCUT2D eigenvalue weighted by Gasteiger charge is -2.27. The molecule has 0 saturated carbocycles. The van der Waals surface area contributed by atoms with Crippen LogP contribution in [0.25, 0.3) is 0 Å². The van der Waals surface area contributed by atoms with E-state index in [1.165, 1.54) is 49.5 Å². The highest BCUT2D eigenvalue weighted by molar-refractivity contribution is 7.43. The van der Waals surface area contributed by atoms with Gasteiger partial charge < -0.3 is 4.90 Å². The SMILES string of the molecule is CCCc1ccc(CCCN(CC)C2=CC=CCP2)cc1. The summed E-state index contributed by atoms with van der Waals surface area (Å²) in [4.78, 5) is 2.55. The highest BCUT2D eigenvalue weighted by Gasteiger charge is 2.08. The molecule has 0 bridgehead atoms. The maximum Gasteiger partial charge on any atom is 0.0341 e. The summed E-state index contributed by atoms with van der Waals surface area (Å²) in [6.07, 6.45) is 12.9. The smallest absolute Gasteiger partial charge is 0.0341 e. The number of hydrogen-bond acceptors (Lipinski definition) is 1. The van der Waals surface area contributed by atoms with Crippen LogP contribution >= 0.6 is 8.58 Å². The number of rotatable bonds is 8. The van der Waals surface area contributed by atoms with Crippen molar-refractivity contribution in [3.8, 4) is 0 Å². The molecule has 1 atom stereocenters. The minimum atomic E-state index is 0.956. The predicted octanol–water partition coefficient (Wildman–Crippen LogP) is 4.98. The van der Waals surface area contributed by atoms with Crippen LogP contribution in [0.1, 0.15) is 37.8 Å². The Morgan fingerprint density at radius 2 is 1.76 bits per heavy atom. The van der Waals surface area contributed by atoms with Gasteiger partial charge in [-0.3, -0.25) is 0 Å². The topological polar surface area (TPSA) is 3.24 Å².